The largest absolute Gasteiger partial charge is 0.295 e. The Morgan fingerprint density at radius 3 is 2.55 bits per heavy atom. The SMILES string of the molecule is Cc1ccc(N2C(=O)CS[C@@H]2c2ccc(Cl)cc2Cl)cc1C. The predicted octanol–water partition coefficient (Wildman–Crippen LogP) is 5.39. The topological polar surface area (TPSA) is 20.3 Å². The number of carbonyl (C=O) groups excluding carboxylic acids is 1. The van der Waals surface area contributed by atoms with Crippen molar-refractivity contribution in [3.05, 3.63) is 63.1 Å². The second kappa shape index (κ2) is 6.15. The minimum Gasteiger partial charge on any atom is -0.295 e. The normalized spacial score (nSPS) is 18.1. The number of thioether (sulfide) groups is 1. The molecule has 1 aliphatic heterocycles. The van der Waals surface area contributed by atoms with Gasteiger partial charge in [0.25, 0.3) is 0 Å². The number of amides is 1. The van der Waals surface area contributed by atoms with Crippen molar-refractivity contribution in [2.45, 2.75) is 19.2 Å². The van der Waals surface area contributed by atoms with Crippen LogP contribution in [0, 0.1) is 13.8 Å². The van der Waals surface area contributed by atoms with Crippen LogP contribution in [0.3, 0.4) is 0 Å². The standard InChI is InChI=1S/C17H15Cl2NOS/c1-10-3-5-13(7-11(10)2)20-16(21)9-22-17(20)14-6-4-12(18)8-15(14)19/h3-8,17H,9H2,1-2H3/t17-/m1/s1. The summed E-state index contributed by atoms with van der Waals surface area (Å²) in [6.07, 6.45) is 0. The maximum absolute atomic E-state index is 12.4. The molecule has 114 valence electrons. The summed E-state index contributed by atoms with van der Waals surface area (Å²) in [5.74, 6) is 0.556. The average Bonchev–Trinajstić information content (AvgIpc) is 2.84. The Morgan fingerprint density at radius 1 is 1.09 bits per heavy atom. The summed E-state index contributed by atoms with van der Waals surface area (Å²) in [6, 6.07) is 11.5. The molecule has 0 radical (unpaired) electrons. The average molecular weight is 352 g/mol. The van der Waals surface area contributed by atoms with Crippen LogP contribution in [0.4, 0.5) is 5.69 Å². The van der Waals surface area contributed by atoms with Crippen molar-refractivity contribution in [2.75, 3.05) is 10.7 Å². The molecule has 0 aliphatic carbocycles. The second-order valence-electron chi connectivity index (χ2n) is 5.36. The van der Waals surface area contributed by atoms with E-state index in [2.05, 4.69) is 19.9 Å². The lowest BCUT2D eigenvalue weighted by molar-refractivity contribution is -0.115. The Labute approximate surface area is 144 Å². The lowest BCUT2D eigenvalue weighted by Gasteiger charge is -2.25. The Kier molecular flexibility index (Phi) is 4.40. The molecule has 1 atom stereocenters. The first-order chi connectivity index (χ1) is 10.5. The molecule has 5 heteroatoms. The minimum atomic E-state index is -0.112. The van der Waals surface area contributed by atoms with Crippen molar-refractivity contribution in [3.63, 3.8) is 0 Å². The molecule has 22 heavy (non-hydrogen) atoms. The van der Waals surface area contributed by atoms with Gasteiger partial charge in [-0.3, -0.25) is 9.69 Å². The molecule has 1 fully saturated rings. The number of rotatable bonds is 2. The van der Waals surface area contributed by atoms with Crippen LogP contribution in [0.25, 0.3) is 0 Å². The van der Waals surface area contributed by atoms with Gasteiger partial charge in [-0.05, 0) is 49.2 Å². The van der Waals surface area contributed by atoms with Gasteiger partial charge in [0, 0.05) is 21.3 Å². The Bertz CT molecular complexity index is 747. The molecule has 0 saturated carbocycles. The van der Waals surface area contributed by atoms with Crippen molar-refractivity contribution >= 4 is 46.6 Å². The van der Waals surface area contributed by atoms with E-state index in [1.54, 1.807) is 17.8 Å². The van der Waals surface area contributed by atoms with Crippen molar-refractivity contribution in [1.82, 2.24) is 0 Å². The summed E-state index contributed by atoms with van der Waals surface area (Å²) in [7, 11) is 0. The van der Waals surface area contributed by atoms with Crippen molar-refractivity contribution in [3.8, 4) is 0 Å². The molecule has 2 aromatic carbocycles. The van der Waals surface area contributed by atoms with E-state index in [9.17, 15) is 4.79 Å². The van der Waals surface area contributed by atoms with Crippen LogP contribution in [0.2, 0.25) is 10.0 Å². The van der Waals surface area contributed by atoms with E-state index in [-0.39, 0.29) is 11.3 Å². The maximum Gasteiger partial charge on any atom is 0.238 e. The summed E-state index contributed by atoms with van der Waals surface area (Å²) < 4.78 is 0. The third kappa shape index (κ3) is 2.85. The smallest absolute Gasteiger partial charge is 0.238 e. The highest BCUT2D eigenvalue weighted by molar-refractivity contribution is 8.00. The molecule has 1 amide bonds. The fraction of sp³-hybridized carbons (Fsp3) is 0.235. The van der Waals surface area contributed by atoms with Crippen LogP contribution >= 0.6 is 35.0 Å². The summed E-state index contributed by atoms with van der Waals surface area (Å²) >= 11 is 13.9. The molecule has 2 nitrogen and oxygen atoms in total. The third-order valence-electron chi connectivity index (χ3n) is 3.87. The highest BCUT2D eigenvalue weighted by Gasteiger charge is 2.35. The maximum atomic E-state index is 12.4. The van der Waals surface area contributed by atoms with Crippen molar-refractivity contribution < 1.29 is 4.79 Å². The van der Waals surface area contributed by atoms with E-state index in [1.807, 2.05) is 29.2 Å². The highest BCUT2D eigenvalue weighted by Crippen LogP contribution is 2.44. The number of carbonyl (C=O) groups is 1. The molecule has 0 aromatic heterocycles. The predicted molar refractivity (Wildman–Crippen MR) is 95.1 cm³/mol. The van der Waals surface area contributed by atoms with Crippen LogP contribution in [-0.2, 0) is 4.79 Å². The van der Waals surface area contributed by atoms with E-state index >= 15 is 0 Å². The number of benzene rings is 2. The van der Waals surface area contributed by atoms with Gasteiger partial charge >= 0.3 is 0 Å². The van der Waals surface area contributed by atoms with Gasteiger partial charge in [-0.25, -0.2) is 0 Å². The van der Waals surface area contributed by atoms with Crippen LogP contribution in [0.1, 0.15) is 22.1 Å². The molecule has 0 bridgehead atoms. The third-order valence-corrected chi connectivity index (χ3v) is 5.62. The number of hydrogen-bond acceptors (Lipinski definition) is 2. The number of nitrogens with zero attached hydrogens (tertiary/aromatic N) is 1. The van der Waals surface area contributed by atoms with Crippen LogP contribution < -0.4 is 4.90 Å². The summed E-state index contributed by atoms with van der Waals surface area (Å²) in [6.45, 7) is 4.12. The second-order valence-corrected chi connectivity index (χ2v) is 7.27. The van der Waals surface area contributed by atoms with Crippen molar-refractivity contribution in [1.29, 1.82) is 0 Å². The Hall–Kier alpha value is -1.16. The van der Waals surface area contributed by atoms with E-state index in [4.69, 9.17) is 23.2 Å². The number of hydrogen-bond donors (Lipinski definition) is 0. The van der Waals surface area contributed by atoms with E-state index in [0.717, 1.165) is 11.3 Å². The molecule has 0 spiro atoms. The minimum absolute atomic E-state index is 0.101. The molecule has 3 rings (SSSR count). The van der Waals surface area contributed by atoms with Gasteiger partial charge < -0.3 is 0 Å². The van der Waals surface area contributed by atoms with Gasteiger partial charge in [0.05, 0.1) is 5.75 Å². The van der Waals surface area contributed by atoms with Gasteiger partial charge in [0.2, 0.25) is 5.91 Å². The van der Waals surface area contributed by atoms with Gasteiger partial charge in [-0.15, -0.1) is 11.8 Å². The summed E-state index contributed by atoms with van der Waals surface area (Å²) in [4.78, 5) is 14.2. The number of halogens is 2. The molecular weight excluding hydrogens is 337 g/mol. The quantitative estimate of drug-likeness (QED) is 0.722. The summed E-state index contributed by atoms with van der Waals surface area (Å²) in [5, 5.41) is 1.08. The first kappa shape index (κ1) is 15.7. The van der Waals surface area contributed by atoms with E-state index in [0.29, 0.717) is 15.8 Å². The first-order valence-electron chi connectivity index (χ1n) is 6.93. The fourth-order valence-corrected chi connectivity index (χ4v) is 4.30. The van der Waals surface area contributed by atoms with Gasteiger partial charge in [-0.1, -0.05) is 35.3 Å². The number of anilines is 1. The van der Waals surface area contributed by atoms with Crippen molar-refractivity contribution in [2.24, 2.45) is 0 Å². The zero-order valence-corrected chi connectivity index (χ0v) is 14.6. The molecule has 0 unspecified atom stereocenters. The van der Waals surface area contributed by atoms with Crippen LogP contribution in [0.5, 0.6) is 0 Å². The molecule has 1 heterocycles. The highest BCUT2D eigenvalue weighted by atomic mass is 35.5. The lowest BCUT2D eigenvalue weighted by atomic mass is 10.1. The number of aryl methyl sites for hydroxylation is 2. The fourth-order valence-electron chi connectivity index (χ4n) is 2.51. The molecule has 2 aromatic rings. The molecule has 1 aliphatic rings. The summed E-state index contributed by atoms with van der Waals surface area (Å²) in [5.41, 5.74) is 4.21. The first-order valence-corrected chi connectivity index (χ1v) is 8.73. The molecule has 0 N–H and O–H groups in total. The lowest BCUT2D eigenvalue weighted by Crippen LogP contribution is -2.28. The zero-order valence-electron chi connectivity index (χ0n) is 12.3. The van der Waals surface area contributed by atoms with E-state index < -0.39 is 0 Å². The zero-order chi connectivity index (χ0) is 15.9. The van der Waals surface area contributed by atoms with Crippen LogP contribution in [0.15, 0.2) is 36.4 Å². The Morgan fingerprint density at radius 2 is 1.86 bits per heavy atom. The molecular formula is C17H15Cl2NOS. The van der Waals surface area contributed by atoms with Gasteiger partial charge in [0.15, 0.2) is 0 Å². The van der Waals surface area contributed by atoms with E-state index in [1.165, 1.54) is 11.1 Å². The Balaban J connectivity index is 2.03. The van der Waals surface area contributed by atoms with Gasteiger partial charge in [0.1, 0.15) is 5.37 Å². The van der Waals surface area contributed by atoms with Crippen LogP contribution in [-0.4, -0.2) is 11.7 Å². The monoisotopic (exact) mass is 351 g/mol. The molecule has 1 saturated heterocycles. The van der Waals surface area contributed by atoms with Gasteiger partial charge in [-0.2, -0.15) is 0 Å².